The second kappa shape index (κ2) is 5.95. The number of ether oxygens (including phenoxy) is 1. The smallest absolute Gasteiger partial charge is 0.311 e. The summed E-state index contributed by atoms with van der Waals surface area (Å²) in [7, 11) is 0. The molecule has 0 atom stereocenters. The Morgan fingerprint density at radius 1 is 1.50 bits per heavy atom. The van der Waals surface area contributed by atoms with Crippen LogP contribution in [-0.2, 0) is 6.54 Å². The summed E-state index contributed by atoms with van der Waals surface area (Å²) in [5.41, 5.74) is 0.611. The van der Waals surface area contributed by atoms with E-state index >= 15 is 0 Å². The van der Waals surface area contributed by atoms with E-state index in [-0.39, 0.29) is 17.5 Å². The number of hydrogen-bond acceptors (Lipinski definition) is 7. The number of rotatable bonds is 6. The topological polar surface area (TPSA) is 119 Å². The third-order valence-electron chi connectivity index (χ3n) is 2.36. The summed E-state index contributed by atoms with van der Waals surface area (Å²) in [4.78, 5) is 10.5. The van der Waals surface area contributed by atoms with Crippen molar-refractivity contribution in [2.24, 2.45) is 0 Å². The van der Waals surface area contributed by atoms with Crippen LogP contribution in [0.25, 0.3) is 0 Å². The Hall–Kier alpha value is -2.71. The fraction of sp³-hybridized carbons (Fsp3) is 0.364. The van der Waals surface area contributed by atoms with Gasteiger partial charge in [-0.15, -0.1) is 10.2 Å². The van der Waals surface area contributed by atoms with Crippen molar-refractivity contribution >= 4 is 11.4 Å². The molecule has 0 amide bonds. The maximum absolute atomic E-state index is 10.9. The first kappa shape index (κ1) is 13.7. The molecular weight excluding hydrogens is 264 g/mol. The van der Waals surface area contributed by atoms with Gasteiger partial charge in [-0.1, -0.05) is 5.21 Å². The molecule has 0 unspecified atom stereocenters. The molecule has 0 aliphatic heterocycles. The highest BCUT2D eigenvalue weighted by molar-refractivity contribution is 5.58. The molecule has 1 aromatic carbocycles. The summed E-state index contributed by atoms with van der Waals surface area (Å²) in [5, 5.41) is 27.4. The largest absolute Gasteiger partial charge is 0.484 e. The van der Waals surface area contributed by atoms with Crippen molar-refractivity contribution in [2.75, 3.05) is 5.32 Å². The van der Waals surface area contributed by atoms with Gasteiger partial charge in [0.15, 0.2) is 11.6 Å². The maximum Gasteiger partial charge on any atom is 0.311 e. The van der Waals surface area contributed by atoms with Crippen LogP contribution in [-0.4, -0.2) is 31.7 Å². The van der Waals surface area contributed by atoms with Crippen LogP contribution in [0.3, 0.4) is 0 Å². The molecule has 0 fully saturated rings. The standard InChI is InChI=1S/C11H14N6O3/c1-7(2)20-10-5-8(3-4-9(10)17(18)19)12-6-11-13-15-16-14-11/h3-5,7,12H,6H2,1-2H3,(H,13,14,15,16). The van der Waals surface area contributed by atoms with Crippen LogP contribution in [0.1, 0.15) is 19.7 Å². The molecular formula is C11H14N6O3. The second-order valence-corrected chi connectivity index (χ2v) is 4.29. The average molecular weight is 278 g/mol. The molecule has 2 aromatic rings. The Morgan fingerprint density at radius 2 is 2.30 bits per heavy atom. The van der Waals surface area contributed by atoms with Crippen LogP contribution in [0.15, 0.2) is 18.2 Å². The second-order valence-electron chi connectivity index (χ2n) is 4.29. The first-order valence-electron chi connectivity index (χ1n) is 5.97. The van der Waals surface area contributed by atoms with Crippen molar-refractivity contribution < 1.29 is 9.66 Å². The van der Waals surface area contributed by atoms with Crippen LogP contribution < -0.4 is 10.1 Å². The number of nitro benzene ring substituents is 1. The first-order valence-corrected chi connectivity index (χ1v) is 5.97. The number of nitro groups is 1. The number of aromatic nitrogens is 4. The third-order valence-corrected chi connectivity index (χ3v) is 2.36. The number of tetrazole rings is 1. The van der Waals surface area contributed by atoms with E-state index in [9.17, 15) is 10.1 Å². The average Bonchev–Trinajstić information content (AvgIpc) is 2.88. The molecule has 0 aliphatic carbocycles. The maximum atomic E-state index is 10.9. The summed E-state index contributed by atoms with van der Waals surface area (Å²) in [6.45, 7) is 3.97. The number of hydrogen-bond donors (Lipinski definition) is 2. The van der Waals surface area contributed by atoms with E-state index in [2.05, 4.69) is 25.9 Å². The molecule has 9 nitrogen and oxygen atoms in total. The summed E-state index contributed by atoms with van der Waals surface area (Å²) < 4.78 is 5.45. The van der Waals surface area contributed by atoms with Crippen molar-refractivity contribution in [3.05, 3.63) is 34.1 Å². The summed E-state index contributed by atoms with van der Waals surface area (Å²) >= 11 is 0. The lowest BCUT2D eigenvalue weighted by atomic mass is 10.2. The highest BCUT2D eigenvalue weighted by atomic mass is 16.6. The van der Waals surface area contributed by atoms with E-state index in [1.165, 1.54) is 6.07 Å². The molecule has 0 aliphatic rings. The van der Waals surface area contributed by atoms with E-state index in [0.29, 0.717) is 18.1 Å². The van der Waals surface area contributed by atoms with E-state index < -0.39 is 4.92 Å². The number of H-pyrrole nitrogens is 1. The molecule has 1 aromatic heterocycles. The molecule has 0 radical (unpaired) electrons. The lowest BCUT2D eigenvalue weighted by Crippen LogP contribution is -2.08. The van der Waals surface area contributed by atoms with Gasteiger partial charge in [0.1, 0.15) is 0 Å². The molecule has 1 heterocycles. The van der Waals surface area contributed by atoms with Crippen LogP contribution in [0.5, 0.6) is 5.75 Å². The van der Waals surface area contributed by atoms with E-state index in [0.717, 1.165) is 0 Å². The number of nitrogens with one attached hydrogen (secondary N) is 2. The van der Waals surface area contributed by atoms with Gasteiger partial charge in [-0.05, 0) is 19.9 Å². The van der Waals surface area contributed by atoms with Crippen LogP contribution in [0.4, 0.5) is 11.4 Å². The third kappa shape index (κ3) is 3.40. The summed E-state index contributed by atoms with van der Waals surface area (Å²) in [6.07, 6.45) is -0.152. The van der Waals surface area contributed by atoms with Gasteiger partial charge < -0.3 is 10.1 Å². The van der Waals surface area contributed by atoms with E-state index in [1.54, 1.807) is 12.1 Å². The Morgan fingerprint density at radius 3 is 2.90 bits per heavy atom. The Kier molecular flexibility index (Phi) is 4.08. The molecule has 0 bridgehead atoms. The fourth-order valence-corrected chi connectivity index (χ4v) is 1.56. The zero-order valence-corrected chi connectivity index (χ0v) is 11.0. The van der Waals surface area contributed by atoms with Crippen molar-refractivity contribution in [3.63, 3.8) is 0 Å². The van der Waals surface area contributed by atoms with Gasteiger partial charge in [0, 0.05) is 17.8 Å². The molecule has 0 spiro atoms. The van der Waals surface area contributed by atoms with Crippen molar-refractivity contribution in [3.8, 4) is 5.75 Å². The zero-order valence-electron chi connectivity index (χ0n) is 11.0. The quantitative estimate of drug-likeness (QED) is 0.607. The molecule has 20 heavy (non-hydrogen) atoms. The van der Waals surface area contributed by atoms with Crippen LogP contribution in [0.2, 0.25) is 0 Å². The summed E-state index contributed by atoms with van der Waals surface area (Å²) in [6, 6.07) is 4.58. The van der Waals surface area contributed by atoms with Crippen molar-refractivity contribution in [2.45, 2.75) is 26.5 Å². The van der Waals surface area contributed by atoms with Gasteiger partial charge in [0.05, 0.1) is 17.6 Å². The van der Waals surface area contributed by atoms with Gasteiger partial charge in [0.2, 0.25) is 0 Å². The number of anilines is 1. The molecule has 0 saturated carbocycles. The molecule has 2 N–H and O–H groups in total. The Bertz CT molecular complexity index is 584. The SMILES string of the molecule is CC(C)Oc1cc(NCc2nn[nH]n2)ccc1[N+](=O)[O-]. The fourth-order valence-electron chi connectivity index (χ4n) is 1.56. The number of benzene rings is 1. The monoisotopic (exact) mass is 278 g/mol. The lowest BCUT2D eigenvalue weighted by molar-refractivity contribution is -0.386. The normalized spacial score (nSPS) is 10.6. The van der Waals surface area contributed by atoms with Crippen molar-refractivity contribution in [1.29, 1.82) is 0 Å². The predicted octanol–water partition coefficient (Wildman–Crippen LogP) is 1.51. The van der Waals surface area contributed by atoms with Crippen LogP contribution in [0, 0.1) is 10.1 Å². The van der Waals surface area contributed by atoms with Gasteiger partial charge >= 0.3 is 5.69 Å². The highest BCUT2D eigenvalue weighted by Gasteiger charge is 2.16. The number of nitrogens with zero attached hydrogens (tertiary/aromatic N) is 4. The van der Waals surface area contributed by atoms with Gasteiger partial charge in [-0.25, -0.2) is 0 Å². The molecule has 106 valence electrons. The van der Waals surface area contributed by atoms with Crippen LogP contribution >= 0.6 is 0 Å². The lowest BCUT2D eigenvalue weighted by Gasteiger charge is -2.11. The first-order chi connectivity index (χ1) is 9.56. The highest BCUT2D eigenvalue weighted by Crippen LogP contribution is 2.30. The van der Waals surface area contributed by atoms with Crippen molar-refractivity contribution in [1.82, 2.24) is 20.6 Å². The predicted molar refractivity (Wildman–Crippen MR) is 70.4 cm³/mol. The Labute approximate surface area is 114 Å². The van der Waals surface area contributed by atoms with Gasteiger partial charge in [0.25, 0.3) is 0 Å². The molecule has 2 rings (SSSR count). The molecule has 0 saturated heterocycles. The minimum Gasteiger partial charge on any atom is -0.484 e. The zero-order chi connectivity index (χ0) is 14.5. The minimum absolute atomic E-state index is 0.0659. The minimum atomic E-state index is -0.472. The van der Waals surface area contributed by atoms with Gasteiger partial charge in [-0.2, -0.15) is 5.21 Å². The number of aromatic amines is 1. The molecule has 9 heteroatoms. The van der Waals surface area contributed by atoms with Gasteiger partial charge in [-0.3, -0.25) is 10.1 Å². The Balaban J connectivity index is 2.15. The summed E-state index contributed by atoms with van der Waals surface area (Å²) in [5.74, 6) is 0.720. The van der Waals surface area contributed by atoms with E-state index in [1.807, 2.05) is 13.8 Å². The van der Waals surface area contributed by atoms with E-state index in [4.69, 9.17) is 4.74 Å².